The number of amides is 2. The maximum Gasteiger partial charge on any atom is 0.326 e. The normalized spacial score (nSPS) is 25.3. The first-order valence-corrected chi connectivity index (χ1v) is 5.46. The first kappa shape index (κ1) is 10.3. The molecule has 0 spiro atoms. The van der Waals surface area contributed by atoms with Gasteiger partial charge in [0.2, 0.25) is 0 Å². The summed E-state index contributed by atoms with van der Waals surface area (Å²) >= 11 is 0. The fourth-order valence-electron chi connectivity index (χ4n) is 1.92. The monoisotopic (exact) mass is 212 g/mol. The molecule has 0 bridgehead atoms. The zero-order valence-electron chi connectivity index (χ0n) is 8.61. The van der Waals surface area contributed by atoms with Crippen molar-refractivity contribution in [2.75, 3.05) is 13.1 Å². The molecule has 0 unspecified atom stereocenters. The first-order chi connectivity index (χ1) is 7.18. The van der Waals surface area contributed by atoms with Gasteiger partial charge in [-0.3, -0.25) is 0 Å². The van der Waals surface area contributed by atoms with Gasteiger partial charge in [-0.25, -0.2) is 9.59 Å². The molecule has 2 rings (SSSR count). The largest absolute Gasteiger partial charge is 0.480 e. The molecule has 1 saturated heterocycles. The smallest absolute Gasteiger partial charge is 0.326 e. The van der Waals surface area contributed by atoms with Gasteiger partial charge in [-0.1, -0.05) is 0 Å². The minimum atomic E-state index is -0.894. The van der Waals surface area contributed by atoms with Gasteiger partial charge in [0.1, 0.15) is 6.04 Å². The third-order valence-electron chi connectivity index (χ3n) is 3.04. The fourth-order valence-corrected chi connectivity index (χ4v) is 1.92. The molecule has 0 aromatic heterocycles. The number of hydrogen-bond donors (Lipinski definition) is 2. The highest BCUT2D eigenvalue weighted by molar-refractivity contribution is 5.83. The lowest BCUT2D eigenvalue weighted by Crippen LogP contribution is -2.46. The van der Waals surface area contributed by atoms with Gasteiger partial charge < -0.3 is 15.3 Å². The molecular formula is C10H16N2O3. The van der Waals surface area contributed by atoms with E-state index in [4.69, 9.17) is 5.11 Å². The van der Waals surface area contributed by atoms with Crippen LogP contribution in [0.5, 0.6) is 0 Å². The molecule has 2 fully saturated rings. The number of carboxylic acids is 1. The SMILES string of the molecule is O=C(O)[C@@H]1CCCN1C(=O)NCC1CC1. The van der Waals surface area contributed by atoms with Crippen LogP contribution in [0.4, 0.5) is 4.79 Å². The topological polar surface area (TPSA) is 69.6 Å². The average Bonchev–Trinajstić information content (AvgIpc) is 2.88. The zero-order chi connectivity index (χ0) is 10.8. The van der Waals surface area contributed by atoms with Crippen LogP contribution in [0.3, 0.4) is 0 Å². The van der Waals surface area contributed by atoms with Crippen molar-refractivity contribution in [3.05, 3.63) is 0 Å². The van der Waals surface area contributed by atoms with E-state index < -0.39 is 12.0 Å². The first-order valence-electron chi connectivity index (χ1n) is 5.46. The number of hydrogen-bond acceptors (Lipinski definition) is 2. The number of carbonyl (C=O) groups is 2. The standard InChI is InChI=1S/C10H16N2O3/c13-9(14)8-2-1-5-12(8)10(15)11-6-7-3-4-7/h7-8H,1-6H2,(H,11,15)(H,13,14)/t8-/m0/s1. The van der Waals surface area contributed by atoms with Crippen LogP contribution in [0.2, 0.25) is 0 Å². The minimum Gasteiger partial charge on any atom is -0.480 e. The van der Waals surface area contributed by atoms with E-state index >= 15 is 0 Å². The quantitative estimate of drug-likeness (QED) is 0.721. The molecule has 2 N–H and O–H groups in total. The van der Waals surface area contributed by atoms with Crippen molar-refractivity contribution in [1.82, 2.24) is 10.2 Å². The second-order valence-electron chi connectivity index (χ2n) is 4.32. The van der Waals surface area contributed by atoms with Crippen molar-refractivity contribution in [3.8, 4) is 0 Å². The van der Waals surface area contributed by atoms with E-state index in [1.165, 1.54) is 17.7 Å². The Morgan fingerprint density at radius 2 is 2.07 bits per heavy atom. The van der Waals surface area contributed by atoms with Crippen LogP contribution in [0.1, 0.15) is 25.7 Å². The van der Waals surface area contributed by atoms with Crippen molar-refractivity contribution in [1.29, 1.82) is 0 Å². The minimum absolute atomic E-state index is 0.216. The maximum absolute atomic E-state index is 11.6. The number of aliphatic carboxylic acids is 1. The highest BCUT2D eigenvalue weighted by Crippen LogP contribution is 2.27. The predicted molar refractivity (Wildman–Crippen MR) is 53.5 cm³/mol. The van der Waals surface area contributed by atoms with E-state index in [0.717, 1.165) is 6.42 Å². The van der Waals surface area contributed by atoms with Crippen LogP contribution in [-0.4, -0.2) is 41.1 Å². The van der Waals surface area contributed by atoms with E-state index in [1.54, 1.807) is 0 Å². The highest BCUT2D eigenvalue weighted by Gasteiger charge is 2.34. The van der Waals surface area contributed by atoms with Crippen molar-refractivity contribution >= 4 is 12.0 Å². The average molecular weight is 212 g/mol. The van der Waals surface area contributed by atoms with Crippen LogP contribution in [0.25, 0.3) is 0 Å². The zero-order valence-corrected chi connectivity index (χ0v) is 8.61. The van der Waals surface area contributed by atoms with Crippen LogP contribution < -0.4 is 5.32 Å². The van der Waals surface area contributed by atoms with Crippen molar-refractivity contribution in [2.24, 2.45) is 5.92 Å². The molecule has 1 saturated carbocycles. The van der Waals surface area contributed by atoms with Gasteiger partial charge in [-0.2, -0.15) is 0 Å². The predicted octanol–water partition coefficient (Wildman–Crippen LogP) is 0.655. The van der Waals surface area contributed by atoms with Gasteiger partial charge in [0.05, 0.1) is 0 Å². The maximum atomic E-state index is 11.6. The number of rotatable bonds is 3. The molecule has 0 aromatic rings. The van der Waals surface area contributed by atoms with Gasteiger partial charge in [0.15, 0.2) is 0 Å². The second kappa shape index (κ2) is 4.08. The van der Waals surface area contributed by atoms with E-state index in [1.807, 2.05) is 0 Å². The molecule has 0 aromatic carbocycles. The Labute approximate surface area is 88.4 Å². The van der Waals surface area contributed by atoms with Gasteiger partial charge in [0.25, 0.3) is 0 Å². The second-order valence-corrected chi connectivity index (χ2v) is 4.32. The Balaban J connectivity index is 1.84. The third kappa shape index (κ3) is 2.40. The Hall–Kier alpha value is -1.26. The van der Waals surface area contributed by atoms with Crippen molar-refractivity contribution < 1.29 is 14.7 Å². The summed E-state index contributed by atoms with van der Waals surface area (Å²) < 4.78 is 0. The Bertz CT molecular complexity index is 276. The number of nitrogens with one attached hydrogen (secondary N) is 1. The van der Waals surface area contributed by atoms with Crippen molar-refractivity contribution in [2.45, 2.75) is 31.7 Å². The number of urea groups is 1. The number of carboxylic acid groups (broad SMARTS) is 1. The summed E-state index contributed by atoms with van der Waals surface area (Å²) in [4.78, 5) is 23.9. The van der Waals surface area contributed by atoms with Crippen molar-refractivity contribution in [3.63, 3.8) is 0 Å². The van der Waals surface area contributed by atoms with Gasteiger partial charge in [0, 0.05) is 13.1 Å². The summed E-state index contributed by atoms with van der Waals surface area (Å²) in [6.45, 7) is 1.26. The molecule has 15 heavy (non-hydrogen) atoms. The molecule has 2 amide bonds. The molecular weight excluding hydrogens is 196 g/mol. The summed E-state index contributed by atoms with van der Waals surface area (Å²) in [6.07, 6.45) is 3.73. The summed E-state index contributed by atoms with van der Waals surface area (Å²) in [5, 5.41) is 11.7. The van der Waals surface area contributed by atoms with Crippen LogP contribution in [0.15, 0.2) is 0 Å². The Morgan fingerprint density at radius 1 is 1.33 bits per heavy atom. The molecule has 1 heterocycles. The summed E-state index contributed by atoms with van der Waals surface area (Å²) in [5.41, 5.74) is 0. The van der Waals surface area contributed by atoms with Crippen LogP contribution in [-0.2, 0) is 4.79 Å². The molecule has 0 radical (unpaired) electrons. The molecule has 5 heteroatoms. The number of nitrogens with zero attached hydrogens (tertiary/aromatic N) is 1. The van der Waals surface area contributed by atoms with Crippen LogP contribution in [0, 0.1) is 5.92 Å². The number of carbonyl (C=O) groups excluding carboxylic acids is 1. The lowest BCUT2D eigenvalue weighted by atomic mass is 10.2. The van der Waals surface area contributed by atoms with E-state index in [9.17, 15) is 9.59 Å². The lowest BCUT2D eigenvalue weighted by molar-refractivity contribution is -0.141. The van der Waals surface area contributed by atoms with Crippen LogP contribution >= 0.6 is 0 Å². The molecule has 2 aliphatic rings. The molecule has 84 valence electrons. The Kier molecular flexibility index (Phi) is 2.79. The van der Waals surface area contributed by atoms with Gasteiger partial charge >= 0.3 is 12.0 Å². The summed E-state index contributed by atoms with van der Waals surface area (Å²) in [6, 6.07) is -0.837. The molecule has 1 aliphatic heterocycles. The van der Waals surface area contributed by atoms with E-state index in [2.05, 4.69) is 5.32 Å². The fraction of sp³-hybridized carbons (Fsp3) is 0.800. The molecule has 1 atom stereocenters. The van der Waals surface area contributed by atoms with E-state index in [-0.39, 0.29) is 6.03 Å². The molecule has 1 aliphatic carbocycles. The highest BCUT2D eigenvalue weighted by atomic mass is 16.4. The summed E-state index contributed by atoms with van der Waals surface area (Å²) in [7, 11) is 0. The Morgan fingerprint density at radius 3 is 2.67 bits per heavy atom. The third-order valence-corrected chi connectivity index (χ3v) is 3.04. The van der Waals surface area contributed by atoms with E-state index in [0.29, 0.717) is 25.4 Å². The summed E-state index contributed by atoms with van der Waals surface area (Å²) in [5.74, 6) is -0.270. The lowest BCUT2D eigenvalue weighted by Gasteiger charge is -2.21. The van der Waals surface area contributed by atoms with Gasteiger partial charge in [-0.05, 0) is 31.6 Å². The molecule has 5 nitrogen and oxygen atoms in total. The number of likely N-dealkylation sites (tertiary alicyclic amines) is 1. The van der Waals surface area contributed by atoms with Gasteiger partial charge in [-0.15, -0.1) is 0 Å².